The lowest BCUT2D eigenvalue weighted by atomic mass is 10.0. The highest BCUT2D eigenvalue weighted by Gasteiger charge is 2.23. The van der Waals surface area contributed by atoms with Crippen molar-refractivity contribution in [3.8, 4) is 5.69 Å². The SMILES string of the molecule is Cc1ccn(-c2ccc(C3=NOC(CCC(=O)c4ccc(Cl)s4)C3)cc2)c(=O)c1. The third kappa shape index (κ3) is 4.49. The molecule has 29 heavy (non-hydrogen) atoms. The van der Waals surface area contributed by atoms with Crippen molar-refractivity contribution in [3.63, 3.8) is 0 Å². The quantitative estimate of drug-likeness (QED) is 0.520. The van der Waals surface area contributed by atoms with Crippen LogP contribution in [0.4, 0.5) is 0 Å². The maximum atomic E-state index is 12.2. The molecule has 1 aliphatic rings. The Balaban J connectivity index is 1.36. The summed E-state index contributed by atoms with van der Waals surface area (Å²) in [5, 5.41) is 4.19. The first-order chi connectivity index (χ1) is 14.0. The summed E-state index contributed by atoms with van der Waals surface area (Å²) in [6, 6.07) is 14.7. The van der Waals surface area contributed by atoms with Crippen LogP contribution in [0.15, 0.2) is 64.7 Å². The van der Waals surface area contributed by atoms with E-state index in [1.807, 2.05) is 37.3 Å². The van der Waals surface area contributed by atoms with Gasteiger partial charge in [0.15, 0.2) is 5.78 Å². The lowest BCUT2D eigenvalue weighted by Crippen LogP contribution is -2.16. The molecule has 2 aromatic heterocycles. The highest BCUT2D eigenvalue weighted by Crippen LogP contribution is 2.25. The summed E-state index contributed by atoms with van der Waals surface area (Å²) in [7, 11) is 0. The van der Waals surface area contributed by atoms with E-state index in [0.29, 0.717) is 28.5 Å². The molecule has 148 valence electrons. The molecule has 7 heteroatoms. The van der Waals surface area contributed by atoms with Crippen LogP contribution in [-0.2, 0) is 4.84 Å². The number of oxime groups is 1. The second-order valence-electron chi connectivity index (χ2n) is 6.99. The van der Waals surface area contributed by atoms with E-state index >= 15 is 0 Å². The minimum atomic E-state index is -0.108. The average molecular weight is 427 g/mol. The van der Waals surface area contributed by atoms with Crippen LogP contribution in [0.25, 0.3) is 5.69 Å². The molecule has 5 nitrogen and oxygen atoms in total. The average Bonchev–Trinajstić information content (AvgIpc) is 3.36. The van der Waals surface area contributed by atoms with Crippen molar-refractivity contribution < 1.29 is 9.63 Å². The predicted octanol–water partition coefficient (Wildman–Crippen LogP) is 5.02. The highest BCUT2D eigenvalue weighted by atomic mass is 35.5. The van der Waals surface area contributed by atoms with Crippen LogP contribution >= 0.6 is 22.9 Å². The van der Waals surface area contributed by atoms with Crippen molar-refractivity contribution in [3.05, 3.63) is 85.4 Å². The first-order valence-corrected chi connectivity index (χ1v) is 10.5. The number of pyridine rings is 1. The van der Waals surface area contributed by atoms with Gasteiger partial charge in [-0.1, -0.05) is 28.9 Å². The number of thiophene rings is 1. The van der Waals surface area contributed by atoms with Gasteiger partial charge in [-0.3, -0.25) is 14.2 Å². The normalized spacial score (nSPS) is 15.8. The third-order valence-electron chi connectivity index (χ3n) is 4.83. The van der Waals surface area contributed by atoms with Crippen molar-refractivity contribution in [2.24, 2.45) is 5.16 Å². The molecule has 0 aliphatic carbocycles. The fourth-order valence-corrected chi connectivity index (χ4v) is 4.25. The molecule has 0 radical (unpaired) electrons. The largest absolute Gasteiger partial charge is 0.392 e. The molecule has 0 bridgehead atoms. The summed E-state index contributed by atoms with van der Waals surface area (Å²) < 4.78 is 2.22. The fourth-order valence-electron chi connectivity index (χ4n) is 3.24. The van der Waals surface area contributed by atoms with Gasteiger partial charge < -0.3 is 4.84 Å². The molecule has 0 amide bonds. The maximum Gasteiger partial charge on any atom is 0.255 e. The molecule has 3 heterocycles. The Hall–Kier alpha value is -2.70. The second kappa shape index (κ2) is 8.35. The first-order valence-electron chi connectivity index (χ1n) is 9.31. The van der Waals surface area contributed by atoms with Gasteiger partial charge in [-0.15, -0.1) is 11.3 Å². The predicted molar refractivity (Wildman–Crippen MR) is 116 cm³/mol. The van der Waals surface area contributed by atoms with Crippen molar-refractivity contribution in [2.75, 3.05) is 0 Å². The molecule has 3 aromatic rings. The molecule has 0 N–H and O–H groups in total. The van der Waals surface area contributed by atoms with Crippen molar-refractivity contribution >= 4 is 34.4 Å². The van der Waals surface area contributed by atoms with Crippen LogP contribution in [0.2, 0.25) is 4.34 Å². The highest BCUT2D eigenvalue weighted by molar-refractivity contribution is 7.18. The van der Waals surface area contributed by atoms with Gasteiger partial charge in [-0.2, -0.15) is 0 Å². The number of hydrogen-bond donors (Lipinski definition) is 0. The standard InChI is InChI=1S/C22H19ClN2O3S/c1-14-10-11-25(22(27)12-14)16-4-2-15(3-5-16)18-13-17(28-24-18)6-7-19(26)20-8-9-21(23)29-20/h2-5,8-12,17H,6-7,13H2,1H3. The van der Waals surface area contributed by atoms with Gasteiger partial charge in [0, 0.05) is 30.8 Å². The summed E-state index contributed by atoms with van der Waals surface area (Å²) >= 11 is 7.19. The lowest BCUT2D eigenvalue weighted by molar-refractivity contribution is 0.0720. The van der Waals surface area contributed by atoms with Gasteiger partial charge in [0.05, 0.1) is 14.9 Å². The maximum absolute atomic E-state index is 12.2. The topological polar surface area (TPSA) is 60.7 Å². The number of hydrogen-bond acceptors (Lipinski definition) is 5. The summed E-state index contributed by atoms with van der Waals surface area (Å²) in [5.74, 6) is 0.0758. The van der Waals surface area contributed by atoms with Crippen LogP contribution in [0.5, 0.6) is 0 Å². The van der Waals surface area contributed by atoms with Crippen molar-refractivity contribution in [1.82, 2.24) is 4.57 Å². The number of benzene rings is 1. The molecule has 0 fully saturated rings. The molecule has 1 unspecified atom stereocenters. The lowest BCUT2D eigenvalue weighted by Gasteiger charge is -2.08. The first kappa shape index (κ1) is 19.6. The number of ketones is 1. The van der Waals surface area contributed by atoms with Crippen LogP contribution < -0.4 is 5.56 Å². The van der Waals surface area contributed by atoms with Crippen LogP contribution in [0, 0.1) is 6.92 Å². The number of carbonyl (C=O) groups excluding carboxylic acids is 1. The number of carbonyl (C=O) groups is 1. The van der Waals surface area contributed by atoms with Crippen LogP contribution in [-0.4, -0.2) is 22.2 Å². The number of nitrogens with zero attached hydrogens (tertiary/aromatic N) is 2. The van der Waals surface area contributed by atoms with Gasteiger partial charge in [-0.05, 0) is 54.8 Å². The zero-order valence-electron chi connectivity index (χ0n) is 15.8. The van der Waals surface area contributed by atoms with Crippen LogP contribution in [0.3, 0.4) is 0 Å². The summed E-state index contributed by atoms with van der Waals surface area (Å²) in [6.07, 6.45) is 3.33. The number of halogens is 1. The van der Waals surface area contributed by atoms with E-state index in [2.05, 4.69) is 5.16 Å². The summed E-state index contributed by atoms with van der Waals surface area (Å²) in [4.78, 5) is 30.6. The molecule has 4 rings (SSSR count). The monoisotopic (exact) mass is 426 g/mol. The van der Waals surface area contributed by atoms with Crippen molar-refractivity contribution in [2.45, 2.75) is 32.3 Å². The van der Waals surface area contributed by atoms with Crippen molar-refractivity contribution in [1.29, 1.82) is 0 Å². The van der Waals surface area contributed by atoms with Gasteiger partial charge in [-0.25, -0.2) is 0 Å². The van der Waals surface area contributed by atoms with Gasteiger partial charge >= 0.3 is 0 Å². The molecular formula is C22H19ClN2O3S. The van der Waals surface area contributed by atoms with E-state index < -0.39 is 0 Å². The van der Waals surface area contributed by atoms with Crippen LogP contribution in [0.1, 0.15) is 40.1 Å². The second-order valence-corrected chi connectivity index (χ2v) is 8.71. The van der Waals surface area contributed by atoms with E-state index in [1.165, 1.54) is 11.3 Å². The van der Waals surface area contributed by atoms with E-state index in [9.17, 15) is 9.59 Å². The minimum absolute atomic E-state index is 0.0592. The Kier molecular flexibility index (Phi) is 5.65. The Bertz CT molecular complexity index is 1130. The number of aromatic nitrogens is 1. The molecule has 0 spiro atoms. The van der Waals surface area contributed by atoms with E-state index in [-0.39, 0.29) is 17.4 Å². The van der Waals surface area contributed by atoms with E-state index in [0.717, 1.165) is 22.5 Å². The zero-order valence-corrected chi connectivity index (χ0v) is 17.4. The minimum Gasteiger partial charge on any atom is -0.392 e. The molecule has 0 saturated carbocycles. The summed E-state index contributed by atoms with van der Waals surface area (Å²) in [5.41, 5.74) is 3.48. The number of Topliss-reactive ketones (excluding diaryl/α,β-unsaturated/α-hetero) is 1. The zero-order chi connectivity index (χ0) is 20.4. The Morgan fingerprint density at radius 2 is 2.03 bits per heavy atom. The Labute approximate surface area is 177 Å². The van der Waals surface area contributed by atoms with Gasteiger partial charge in [0.2, 0.25) is 0 Å². The third-order valence-corrected chi connectivity index (χ3v) is 6.10. The smallest absolute Gasteiger partial charge is 0.255 e. The molecule has 1 atom stereocenters. The van der Waals surface area contributed by atoms with E-state index in [4.69, 9.17) is 16.4 Å². The Morgan fingerprint density at radius 1 is 1.24 bits per heavy atom. The fraction of sp³-hybridized carbons (Fsp3) is 0.227. The van der Waals surface area contributed by atoms with Gasteiger partial charge in [0.25, 0.3) is 5.56 Å². The molecule has 0 saturated heterocycles. The Morgan fingerprint density at radius 3 is 2.72 bits per heavy atom. The summed E-state index contributed by atoms with van der Waals surface area (Å²) in [6.45, 7) is 1.90. The molecule has 1 aliphatic heterocycles. The van der Waals surface area contributed by atoms with E-state index in [1.54, 1.807) is 29.0 Å². The van der Waals surface area contributed by atoms with Gasteiger partial charge in [0.1, 0.15) is 6.10 Å². The number of rotatable bonds is 6. The molecule has 1 aromatic carbocycles. The number of aryl methyl sites for hydroxylation is 1. The molecular weight excluding hydrogens is 408 g/mol.